The Morgan fingerprint density at radius 1 is 1.30 bits per heavy atom. The number of guanidine groups is 1. The van der Waals surface area contributed by atoms with Crippen molar-refractivity contribution in [2.75, 3.05) is 57.1 Å². The van der Waals surface area contributed by atoms with Crippen molar-refractivity contribution in [2.45, 2.75) is 19.9 Å². The molecule has 2 aromatic heterocycles. The van der Waals surface area contributed by atoms with Crippen molar-refractivity contribution in [3.63, 3.8) is 0 Å². The maximum atomic E-state index is 4.60. The molecule has 0 atom stereocenters. The van der Waals surface area contributed by atoms with Gasteiger partial charge in [-0.15, -0.1) is 0 Å². The normalized spacial score (nSPS) is 15.2. The van der Waals surface area contributed by atoms with E-state index in [1.54, 1.807) is 0 Å². The van der Waals surface area contributed by atoms with Crippen LogP contribution < -0.4 is 15.1 Å². The molecule has 0 spiro atoms. The number of pyridine rings is 1. The zero-order chi connectivity index (χ0) is 19.2. The Labute approximate surface area is 165 Å². The van der Waals surface area contributed by atoms with Gasteiger partial charge in [0.05, 0.1) is 0 Å². The van der Waals surface area contributed by atoms with Crippen LogP contribution in [0.25, 0.3) is 0 Å². The lowest BCUT2D eigenvalue weighted by atomic mass is 10.2. The number of rotatable bonds is 5. The van der Waals surface area contributed by atoms with Crippen LogP contribution in [0, 0.1) is 0 Å². The van der Waals surface area contributed by atoms with Gasteiger partial charge in [-0.05, 0) is 6.07 Å². The number of nitrogens with zero attached hydrogens (tertiary/aromatic N) is 7. The fraction of sp³-hybridized carbons (Fsp3) is 0.556. The molecule has 27 heavy (non-hydrogen) atoms. The van der Waals surface area contributed by atoms with Gasteiger partial charge in [-0.1, -0.05) is 13.0 Å². The standard InChI is InChI=1S/C18H28N8S/c1-5-15-22-18(27-23-15)26-11-9-25(10-12-26)17(19-2)21-13-14-7-6-8-20-16(14)24(3)4/h6-8H,5,9-13H2,1-4H3,(H,19,21). The number of piperazine rings is 1. The Kier molecular flexibility index (Phi) is 6.44. The topological polar surface area (TPSA) is 72.8 Å². The minimum Gasteiger partial charge on any atom is -0.362 e. The van der Waals surface area contributed by atoms with E-state index in [2.05, 4.69) is 47.4 Å². The average molecular weight is 389 g/mol. The Hall–Kier alpha value is -2.42. The van der Waals surface area contributed by atoms with Crippen molar-refractivity contribution in [1.29, 1.82) is 0 Å². The second-order valence-corrected chi connectivity index (χ2v) is 7.33. The fourth-order valence-electron chi connectivity index (χ4n) is 3.10. The van der Waals surface area contributed by atoms with Crippen LogP contribution in [0.1, 0.15) is 18.3 Å². The van der Waals surface area contributed by atoms with Crippen molar-refractivity contribution in [3.8, 4) is 0 Å². The van der Waals surface area contributed by atoms with E-state index in [0.29, 0.717) is 6.54 Å². The zero-order valence-electron chi connectivity index (χ0n) is 16.5. The lowest BCUT2D eigenvalue weighted by molar-refractivity contribution is 0.372. The van der Waals surface area contributed by atoms with Gasteiger partial charge in [-0.2, -0.15) is 4.37 Å². The zero-order valence-corrected chi connectivity index (χ0v) is 17.3. The van der Waals surface area contributed by atoms with E-state index in [1.807, 2.05) is 38.3 Å². The van der Waals surface area contributed by atoms with E-state index < -0.39 is 0 Å². The molecule has 0 amide bonds. The quantitative estimate of drug-likeness (QED) is 0.614. The molecule has 1 aliphatic heterocycles. The molecule has 1 aliphatic rings. The molecule has 0 aliphatic carbocycles. The number of aliphatic imine (C=N–C) groups is 1. The minimum atomic E-state index is 0.699. The Balaban J connectivity index is 1.56. The number of hydrogen-bond acceptors (Lipinski definition) is 7. The lowest BCUT2D eigenvalue weighted by Gasteiger charge is -2.36. The van der Waals surface area contributed by atoms with Crippen molar-refractivity contribution >= 4 is 28.4 Å². The van der Waals surface area contributed by atoms with Crippen LogP contribution in [-0.4, -0.2) is 72.5 Å². The van der Waals surface area contributed by atoms with E-state index in [0.717, 1.165) is 60.9 Å². The maximum absolute atomic E-state index is 4.60. The summed E-state index contributed by atoms with van der Waals surface area (Å²) in [6.45, 7) is 6.46. The highest BCUT2D eigenvalue weighted by Gasteiger charge is 2.22. The summed E-state index contributed by atoms with van der Waals surface area (Å²) >= 11 is 1.50. The molecule has 0 saturated carbocycles. The summed E-state index contributed by atoms with van der Waals surface area (Å²) in [6, 6.07) is 4.07. The summed E-state index contributed by atoms with van der Waals surface area (Å²) in [4.78, 5) is 20.2. The molecule has 0 bridgehead atoms. The number of nitrogens with one attached hydrogen (secondary N) is 1. The van der Waals surface area contributed by atoms with E-state index in [1.165, 1.54) is 11.5 Å². The number of aryl methyl sites for hydroxylation is 1. The van der Waals surface area contributed by atoms with E-state index >= 15 is 0 Å². The first-order chi connectivity index (χ1) is 13.1. The molecular formula is C18H28N8S. The number of hydrogen-bond donors (Lipinski definition) is 1. The van der Waals surface area contributed by atoms with Gasteiger partial charge in [0.2, 0.25) is 5.13 Å². The molecular weight excluding hydrogens is 360 g/mol. The lowest BCUT2D eigenvalue weighted by Crippen LogP contribution is -2.52. The Bertz CT molecular complexity index is 764. The van der Waals surface area contributed by atoms with Gasteiger partial charge in [-0.3, -0.25) is 4.99 Å². The third-order valence-electron chi connectivity index (χ3n) is 4.56. The predicted octanol–water partition coefficient (Wildman–Crippen LogP) is 1.46. The van der Waals surface area contributed by atoms with Gasteiger partial charge < -0.3 is 20.0 Å². The smallest absolute Gasteiger partial charge is 0.205 e. The number of aromatic nitrogens is 3. The monoisotopic (exact) mass is 388 g/mol. The van der Waals surface area contributed by atoms with Crippen molar-refractivity contribution in [3.05, 3.63) is 29.7 Å². The Morgan fingerprint density at radius 2 is 2.07 bits per heavy atom. The molecule has 1 fully saturated rings. The minimum absolute atomic E-state index is 0.699. The van der Waals surface area contributed by atoms with E-state index in [-0.39, 0.29) is 0 Å². The molecule has 1 N–H and O–H groups in total. The SMILES string of the molecule is CCc1nsc(N2CCN(C(=NC)NCc3cccnc3N(C)C)CC2)n1. The highest BCUT2D eigenvalue weighted by molar-refractivity contribution is 7.09. The first-order valence-electron chi connectivity index (χ1n) is 9.26. The molecule has 0 unspecified atom stereocenters. The van der Waals surface area contributed by atoms with Gasteiger partial charge in [0.25, 0.3) is 0 Å². The largest absolute Gasteiger partial charge is 0.362 e. The summed E-state index contributed by atoms with van der Waals surface area (Å²) < 4.78 is 4.39. The highest BCUT2D eigenvalue weighted by atomic mass is 32.1. The van der Waals surface area contributed by atoms with Crippen LogP contribution in [0.5, 0.6) is 0 Å². The van der Waals surface area contributed by atoms with Crippen LogP contribution in [0.15, 0.2) is 23.3 Å². The van der Waals surface area contributed by atoms with Crippen molar-refractivity contribution in [1.82, 2.24) is 24.6 Å². The predicted molar refractivity (Wildman–Crippen MR) is 112 cm³/mol. The molecule has 3 heterocycles. The summed E-state index contributed by atoms with van der Waals surface area (Å²) in [6.07, 6.45) is 2.71. The van der Waals surface area contributed by atoms with Gasteiger partial charge in [0.15, 0.2) is 5.96 Å². The van der Waals surface area contributed by atoms with Crippen LogP contribution >= 0.6 is 11.5 Å². The van der Waals surface area contributed by atoms with Gasteiger partial charge in [0, 0.05) is 83.6 Å². The molecule has 9 heteroatoms. The molecule has 2 aromatic rings. The first kappa shape index (κ1) is 19.3. The van der Waals surface area contributed by atoms with Gasteiger partial charge in [-0.25, -0.2) is 9.97 Å². The molecule has 146 valence electrons. The van der Waals surface area contributed by atoms with Crippen LogP contribution in [0.3, 0.4) is 0 Å². The van der Waals surface area contributed by atoms with Gasteiger partial charge >= 0.3 is 0 Å². The van der Waals surface area contributed by atoms with E-state index in [9.17, 15) is 0 Å². The summed E-state index contributed by atoms with van der Waals surface area (Å²) in [5, 5.41) is 4.51. The first-order valence-corrected chi connectivity index (χ1v) is 10.0. The van der Waals surface area contributed by atoms with Crippen LogP contribution in [-0.2, 0) is 13.0 Å². The summed E-state index contributed by atoms with van der Waals surface area (Å²) in [5.74, 6) is 2.84. The molecule has 8 nitrogen and oxygen atoms in total. The summed E-state index contributed by atoms with van der Waals surface area (Å²) in [7, 11) is 5.86. The highest BCUT2D eigenvalue weighted by Crippen LogP contribution is 2.19. The molecule has 3 rings (SSSR count). The second-order valence-electron chi connectivity index (χ2n) is 6.60. The average Bonchev–Trinajstić information content (AvgIpc) is 3.18. The van der Waals surface area contributed by atoms with Crippen molar-refractivity contribution in [2.24, 2.45) is 4.99 Å². The maximum Gasteiger partial charge on any atom is 0.205 e. The van der Waals surface area contributed by atoms with E-state index in [4.69, 9.17) is 0 Å². The van der Waals surface area contributed by atoms with Crippen LogP contribution in [0.4, 0.5) is 10.9 Å². The molecule has 0 radical (unpaired) electrons. The molecule has 1 saturated heterocycles. The van der Waals surface area contributed by atoms with Crippen molar-refractivity contribution < 1.29 is 0 Å². The second kappa shape index (κ2) is 8.98. The number of anilines is 2. The Morgan fingerprint density at radius 3 is 2.70 bits per heavy atom. The molecule has 0 aromatic carbocycles. The third-order valence-corrected chi connectivity index (χ3v) is 5.38. The fourth-order valence-corrected chi connectivity index (χ4v) is 3.91. The van der Waals surface area contributed by atoms with Crippen LogP contribution in [0.2, 0.25) is 0 Å². The third kappa shape index (κ3) is 4.65. The summed E-state index contributed by atoms with van der Waals surface area (Å²) in [5.41, 5.74) is 1.16. The van der Waals surface area contributed by atoms with Gasteiger partial charge in [0.1, 0.15) is 11.6 Å².